The van der Waals surface area contributed by atoms with Gasteiger partial charge in [0.25, 0.3) is 0 Å². The van der Waals surface area contributed by atoms with Crippen LogP contribution in [0, 0.1) is 0 Å². The van der Waals surface area contributed by atoms with Gasteiger partial charge in [0.05, 0.1) is 16.8 Å². The minimum atomic E-state index is -2.97. The minimum Gasteiger partial charge on any atom is -0.351 e. The van der Waals surface area contributed by atoms with Crippen molar-refractivity contribution in [1.82, 2.24) is 15.5 Å². The first-order valence-corrected chi connectivity index (χ1v) is 10.7. The zero-order chi connectivity index (χ0) is 14.8. The quantitative estimate of drug-likeness (QED) is 0.791. The normalized spacial score (nSPS) is 22.6. The van der Waals surface area contributed by atoms with Gasteiger partial charge in [-0.25, -0.2) is 8.42 Å². The van der Waals surface area contributed by atoms with Gasteiger partial charge in [0, 0.05) is 6.04 Å². The lowest BCUT2D eigenvalue weighted by molar-refractivity contribution is -0.120. The van der Waals surface area contributed by atoms with Crippen LogP contribution in [0.1, 0.15) is 13.3 Å². The zero-order valence-electron chi connectivity index (χ0n) is 11.0. The van der Waals surface area contributed by atoms with Gasteiger partial charge in [-0.3, -0.25) is 4.79 Å². The molecule has 2 atom stereocenters. The highest BCUT2D eigenvalue weighted by atomic mass is 32.2. The molecule has 10 heteroatoms. The summed E-state index contributed by atoms with van der Waals surface area (Å²) in [6, 6.07) is -0.258. The van der Waals surface area contributed by atoms with Crippen LogP contribution in [0.3, 0.4) is 0 Å². The standard InChI is InChI=1S/C10H15N3O3S4/c1-6(18-10-13-12-9(17-2)19-10)8(14)11-7-3-4-20(15,16)5-7/h6-7H,3-5H2,1-2H3,(H,11,14)/t6-,7+/m0/s1. The Kier molecular flexibility index (Phi) is 5.32. The first-order valence-electron chi connectivity index (χ1n) is 5.94. The number of aromatic nitrogens is 2. The van der Waals surface area contributed by atoms with Gasteiger partial charge in [0.2, 0.25) is 5.91 Å². The number of hydrogen-bond donors (Lipinski definition) is 1. The van der Waals surface area contributed by atoms with E-state index in [2.05, 4.69) is 15.5 Å². The fourth-order valence-corrected chi connectivity index (χ4v) is 6.02. The molecule has 1 aliphatic rings. The van der Waals surface area contributed by atoms with Crippen LogP contribution in [0.4, 0.5) is 0 Å². The number of rotatable bonds is 5. The molecule has 1 saturated heterocycles. The van der Waals surface area contributed by atoms with Crippen LogP contribution in [-0.4, -0.2) is 53.6 Å². The van der Waals surface area contributed by atoms with Crippen molar-refractivity contribution in [3.63, 3.8) is 0 Å². The molecule has 20 heavy (non-hydrogen) atoms. The average molecular weight is 354 g/mol. The van der Waals surface area contributed by atoms with Crippen molar-refractivity contribution in [1.29, 1.82) is 0 Å². The maximum atomic E-state index is 12.0. The van der Waals surface area contributed by atoms with Crippen LogP contribution in [-0.2, 0) is 14.6 Å². The number of hydrogen-bond acceptors (Lipinski definition) is 8. The Labute approximate surface area is 130 Å². The summed E-state index contributed by atoms with van der Waals surface area (Å²) in [5, 5.41) is 10.4. The molecule has 1 aromatic heterocycles. The molecule has 0 saturated carbocycles. The molecule has 2 rings (SSSR count). The molecule has 0 unspecified atom stereocenters. The summed E-state index contributed by atoms with van der Waals surface area (Å²) in [7, 11) is -2.97. The highest BCUT2D eigenvalue weighted by Gasteiger charge is 2.30. The van der Waals surface area contributed by atoms with Gasteiger partial charge >= 0.3 is 0 Å². The molecule has 0 spiro atoms. The van der Waals surface area contributed by atoms with Crippen LogP contribution in [0.15, 0.2) is 8.68 Å². The van der Waals surface area contributed by atoms with E-state index in [1.54, 1.807) is 6.92 Å². The number of nitrogens with zero attached hydrogens (tertiary/aromatic N) is 2. The fourth-order valence-electron chi connectivity index (χ4n) is 1.76. The minimum absolute atomic E-state index is 0.0472. The summed E-state index contributed by atoms with van der Waals surface area (Å²) in [5.41, 5.74) is 0. The molecule has 1 amide bonds. The highest BCUT2D eigenvalue weighted by molar-refractivity contribution is 8.03. The summed E-state index contributed by atoms with van der Waals surface area (Å²) < 4.78 is 24.3. The van der Waals surface area contributed by atoms with E-state index in [0.29, 0.717) is 6.42 Å². The van der Waals surface area contributed by atoms with E-state index in [4.69, 9.17) is 0 Å². The summed E-state index contributed by atoms with van der Waals surface area (Å²) in [4.78, 5) is 12.0. The van der Waals surface area contributed by atoms with E-state index in [9.17, 15) is 13.2 Å². The molecule has 6 nitrogen and oxygen atoms in total. The van der Waals surface area contributed by atoms with Crippen molar-refractivity contribution in [2.24, 2.45) is 0 Å². The summed E-state index contributed by atoms with van der Waals surface area (Å²) in [6.45, 7) is 1.78. The number of amides is 1. The summed E-state index contributed by atoms with van der Waals surface area (Å²) in [6.07, 6.45) is 2.42. The fraction of sp³-hybridized carbons (Fsp3) is 0.700. The van der Waals surface area contributed by atoms with Gasteiger partial charge in [0.1, 0.15) is 0 Å². The number of sulfone groups is 1. The van der Waals surface area contributed by atoms with Crippen LogP contribution >= 0.6 is 34.9 Å². The van der Waals surface area contributed by atoms with E-state index in [0.717, 1.165) is 8.68 Å². The van der Waals surface area contributed by atoms with E-state index in [1.165, 1.54) is 34.9 Å². The van der Waals surface area contributed by atoms with Crippen molar-refractivity contribution >= 4 is 50.6 Å². The Bertz CT molecular complexity index is 586. The third kappa shape index (κ3) is 4.34. The number of carbonyl (C=O) groups excluding carboxylic acids is 1. The molecule has 1 aromatic rings. The van der Waals surface area contributed by atoms with E-state index in [-0.39, 0.29) is 28.7 Å². The molecule has 1 fully saturated rings. The lowest BCUT2D eigenvalue weighted by atomic mass is 10.2. The van der Waals surface area contributed by atoms with E-state index >= 15 is 0 Å². The van der Waals surface area contributed by atoms with Gasteiger partial charge in [-0.05, 0) is 19.6 Å². The molecular weight excluding hydrogens is 338 g/mol. The average Bonchev–Trinajstić information content (AvgIpc) is 2.95. The predicted molar refractivity (Wildman–Crippen MR) is 82.2 cm³/mol. The van der Waals surface area contributed by atoms with Gasteiger partial charge in [-0.1, -0.05) is 34.9 Å². The molecule has 0 radical (unpaired) electrons. The van der Waals surface area contributed by atoms with Gasteiger partial charge in [-0.2, -0.15) is 0 Å². The molecule has 0 bridgehead atoms. The molecule has 2 heterocycles. The second kappa shape index (κ2) is 6.63. The number of thioether (sulfide) groups is 2. The van der Waals surface area contributed by atoms with Crippen LogP contribution in [0.25, 0.3) is 0 Å². The third-order valence-corrected chi connectivity index (χ3v) is 7.64. The highest BCUT2D eigenvalue weighted by Crippen LogP contribution is 2.30. The first-order chi connectivity index (χ1) is 9.39. The Morgan fingerprint density at radius 3 is 2.70 bits per heavy atom. The van der Waals surface area contributed by atoms with Crippen LogP contribution in [0.5, 0.6) is 0 Å². The zero-order valence-corrected chi connectivity index (χ0v) is 14.3. The Hall–Kier alpha value is -0.320. The maximum absolute atomic E-state index is 12.0. The molecular formula is C10H15N3O3S4. The third-order valence-electron chi connectivity index (χ3n) is 2.79. The Morgan fingerprint density at radius 1 is 1.45 bits per heavy atom. The lowest BCUT2D eigenvalue weighted by Gasteiger charge is -2.14. The topological polar surface area (TPSA) is 89.0 Å². The molecule has 1 N–H and O–H groups in total. The molecule has 1 aliphatic heterocycles. The largest absolute Gasteiger partial charge is 0.351 e. The van der Waals surface area contributed by atoms with Gasteiger partial charge in [-0.15, -0.1) is 10.2 Å². The van der Waals surface area contributed by atoms with Gasteiger partial charge in [0.15, 0.2) is 18.5 Å². The molecule has 0 aliphatic carbocycles. The van der Waals surface area contributed by atoms with Crippen molar-refractivity contribution in [3.8, 4) is 0 Å². The number of nitrogens with one attached hydrogen (secondary N) is 1. The first kappa shape index (κ1) is 16.1. The van der Waals surface area contributed by atoms with Crippen LogP contribution in [0.2, 0.25) is 0 Å². The Balaban J connectivity index is 1.86. The van der Waals surface area contributed by atoms with Crippen molar-refractivity contribution in [3.05, 3.63) is 0 Å². The molecule has 112 valence electrons. The second-order valence-electron chi connectivity index (χ2n) is 4.41. The Morgan fingerprint density at radius 2 is 2.15 bits per heavy atom. The van der Waals surface area contributed by atoms with Crippen molar-refractivity contribution in [2.45, 2.75) is 33.3 Å². The second-order valence-corrected chi connectivity index (χ2v) is 10.3. The monoisotopic (exact) mass is 353 g/mol. The smallest absolute Gasteiger partial charge is 0.233 e. The van der Waals surface area contributed by atoms with E-state index < -0.39 is 9.84 Å². The van der Waals surface area contributed by atoms with Crippen molar-refractivity contribution in [2.75, 3.05) is 17.8 Å². The number of carbonyl (C=O) groups is 1. The summed E-state index contributed by atoms with van der Waals surface area (Å²) in [5.74, 6) is 0.0522. The predicted octanol–water partition coefficient (Wildman–Crippen LogP) is 1.04. The lowest BCUT2D eigenvalue weighted by Crippen LogP contribution is -2.39. The maximum Gasteiger partial charge on any atom is 0.233 e. The SMILES string of the molecule is CSc1nnc(S[C@@H](C)C(=O)N[C@@H]2CCS(=O)(=O)C2)s1. The van der Waals surface area contributed by atoms with Crippen molar-refractivity contribution < 1.29 is 13.2 Å². The summed E-state index contributed by atoms with van der Waals surface area (Å²) >= 11 is 4.31. The molecule has 0 aromatic carbocycles. The van der Waals surface area contributed by atoms with Gasteiger partial charge < -0.3 is 5.32 Å². The van der Waals surface area contributed by atoms with E-state index in [1.807, 2.05) is 6.26 Å². The van der Waals surface area contributed by atoms with Crippen LogP contribution < -0.4 is 5.32 Å².